The molecule has 0 amide bonds. The predicted octanol–water partition coefficient (Wildman–Crippen LogP) is 2.48. The van der Waals surface area contributed by atoms with E-state index in [2.05, 4.69) is 20.7 Å². The van der Waals surface area contributed by atoms with Crippen LogP contribution in [0.2, 0.25) is 5.15 Å². The minimum Gasteiger partial charge on any atom is -0.460 e. The Balaban J connectivity index is 1.97. The normalized spacial score (nSPS) is 10.9. The zero-order valence-corrected chi connectivity index (χ0v) is 9.27. The Morgan fingerprint density at radius 2 is 2.19 bits per heavy atom. The molecule has 0 aliphatic carbocycles. The molecule has 0 spiro atoms. The molecule has 82 valence electrons. The van der Waals surface area contributed by atoms with E-state index < -0.39 is 0 Å². The van der Waals surface area contributed by atoms with Gasteiger partial charge in [0.1, 0.15) is 11.5 Å². The van der Waals surface area contributed by atoms with Crippen molar-refractivity contribution in [2.24, 2.45) is 5.10 Å². The highest BCUT2D eigenvalue weighted by Crippen LogP contribution is 2.06. The summed E-state index contributed by atoms with van der Waals surface area (Å²) >= 11 is 5.59. The first kappa shape index (κ1) is 10.6. The molecule has 6 heteroatoms. The lowest BCUT2D eigenvalue weighted by atomic mass is 10.4. The zero-order chi connectivity index (χ0) is 11.4. The number of aryl methyl sites for hydroxylation is 1. The van der Waals surface area contributed by atoms with E-state index in [-0.39, 0.29) is 0 Å². The van der Waals surface area contributed by atoms with Crippen molar-refractivity contribution in [2.45, 2.75) is 6.92 Å². The van der Waals surface area contributed by atoms with Crippen LogP contribution in [0.3, 0.4) is 0 Å². The fourth-order valence-electron chi connectivity index (χ4n) is 1.06. The number of hydrazone groups is 1. The lowest BCUT2D eigenvalue weighted by molar-refractivity contribution is 0.528. The van der Waals surface area contributed by atoms with Crippen molar-refractivity contribution in [3.8, 4) is 0 Å². The fraction of sp³-hybridized carbons (Fsp3) is 0.100. The molecule has 0 atom stereocenters. The number of halogens is 1. The molecule has 2 rings (SSSR count). The Morgan fingerprint density at radius 1 is 1.31 bits per heavy atom. The van der Waals surface area contributed by atoms with E-state index in [0.717, 1.165) is 5.76 Å². The summed E-state index contributed by atoms with van der Waals surface area (Å²) < 4.78 is 5.29. The minimum atomic E-state index is 0.344. The third-order valence-electron chi connectivity index (χ3n) is 1.76. The van der Waals surface area contributed by atoms with Gasteiger partial charge in [0, 0.05) is 0 Å². The molecule has 0 fully saturated rings. The fourth-order valence-corrected chi connectivity index (χ4v) is 1.16. The number of rotatable bonds is 3. The average molecular weight is 237 g/mol. The molecule has 0 bridgehead atoms. The molecule has 0 aliphatic rings. The molecule has 2 heterocycles. The molecule has 0 aliphatic heterocycles. The zero-order valence-electron chi connectivity index (χ0n) is 8.51. The SMILES string of the molecule is Cc1ccc(/C=N\Nc2ccc(Cl)nn2)o1. The Labute approximate surface area is 97.1 Å². The summed E-state index contributed by atoms with van der Waals surface area (Å²) in [5.74, 6) is 2.03. The first-order valence-electron chi connectivity index (χ1n) is 4.59. The summed E-state index contributed by atoms with van der Waals surface area (Å²) in [4.78, 5) is 0. The molecule has 1 N–H and O–H groups in total. The van der Waals surface area contributed by atoms with Crippen molar-refractivity contribution in [2.75, 3.05) is 5.43 Å². The summed E-state index contributed by atoms with van der Waals surface area (Å²) in [6.45, 7) is 1.87. The van der Waals surface area contributed by atoms with Gasteiger partial charge in [-0.05, 0) is 31.2 Å². The maximum absolute atomic E-state index is 5.59. The van der Waals surface area contributed by atoms with E-state index in [4.69, 9.17) is 16.0 Å². The van der Waals surface area contributed by atoms with Crippen LogP contribution >= 0.6 is 11.6 Å². The highest BCUT2D eigenvalue weighted by Gasteiger charge is 1.94. The van der Waals surface area contributed by atoms with Crippen molar-refractivity contribution in [3.05, 3.63) is 40.9 Å². The van der Waals surface area contributed by atoms with Gasteiger partial charge in [-0.25, -0.2) is 0 Å². The average Bonchev–Trinajstić information content (AvgIpc) is 2.67. The monoisotopic (exact) mass is 236 g/mol. The number of anilines is 1. The Morgan fingerprint density at radius 3 is 2.81 bits per heavy atom. The number of hydrogen-bond donors (Lipinski definition) is 1. The van der Waals surface area contributed by atoms with E-state index in [9.17, 15) is 0 Å². The van der Waals surface area contributed by atoms with Crippen LogP contribution in [0.15, 0.2) is 33.8 Å². The highest BCUT2D eigenvalue weighted by molar-refractivity contribution is 6.29. The van der Waals surface area contributed by atoms with E-state index in [1.165, 1.54) is 0 Å². The summed E-state index contributed by atoms with van der Waals surface area (Å²) in [5, 5.41) is 11.7. The van der Waals surface area contributed by atoms with Crippen LogP contribution in [0.4, 0.5) is 5.82 Å². The molecule has 0 unspecified atom stereocenters. The highest BCUT2D eigenvalue weighted by atomic mass is 35.5. The molecule has 5 nitrogen and oxygen atoms in total. The molecular weight excluding hydrogens is 228 g/mol. The summed E-state index contributed by atoms with van der Waals surface area (Å²) in [6.07, 6.45) is 1.56. The number of hydrogen-bond acceptors (Lipinski definition) is 5. The standard InChI is InChI=1S/C10H9ClN4O/c1-7-2-3-8(16-7)6-12-14-10-5-4-9(11)13-15-10/h2-6H,1H3,(H,14,15)/b12-6-. The van der Waals surface area contributed by atoms with E-state index >= 15 is 0 Å². The van der Waals surface area contributed by atoms with Crippen LogP contribution in [0.25, 0.3) is 0 Å². The molecule has 0 saturated heterocycles. The quantitative estimate of drug-likeness (QED) is 0.657. The van der Waals surface area contributed by atoms with Gasteiger partial charge in [0.05, 0.1) is 6.21 Å². The number of nitrogens with one attached hydrogen (secondary N) is 1. The van der Waals surface area contributed by atoms with E-state index in [0.29, 0.717) is 16.7 Å². The number of nitrogens with zero attached hydrogens (tertiary/aromatic N) is 3. The van der Waals surface area contributed by atoms with Gasteiger partial charge in [0.2, 0.25) is 0 Å². The summed E-state index contributed by atoms with van der Waals surface area (Å²) in [5.41, 5.74) is 2.71. The molecule has 0 aromatic carbocycles. The topological polar surface area (TPSA) is 63.3 Å². The second-order valence-corrected chi connectivity index (χ2v) is 3.45. The van der Waals surface area contributed by atoms with Crippen molar-refractivity contribution >= 4 is 23.6 Å². The minimum absolute atomic E-state index is 0.344. The molecule has 0 radical (unpaired) electrons. The van der Waals surface area contributed by atoms with E-state index in [1.54, 1.807) is 18.3 Å². The lowest BCUT2D eigenvalue weighted by Gasteiger charge is -1.96. The van der Waals surface area contributed by atoms with Crippen molar-refractivity contribution in [1.29, 1.82) is 0 Å². The Hall–Kier alpha value is -1.88. The first-order chi connectivity index (χ1) is 7.74. The van der Waals surface area contributed by atoms with Gasteiger partial charge >= 0.3 is 0 Å². The number of furan rings is 1. The van der Waals surface area contributed by atoms with Gasteiger partial charge in [-0.3, -0.25) is 5.43 Å². The summed E-state index contributed by atoms with van der Waals surface area (Å²) in [6, 6.07) is 7.00. The molecule has 16 heavy (non-hydrogen) atoms. The second kappa shape index (κ2) is 4.76. The third-order valence-corrected chi connectivity index (χ3v) is 1.97. The van der Waals surface area contributed by atoms with Crippen molar-refractivity contribution in [3.63, 3.8) is 0 Å². The van der Waals surface area contributed by atoms with Gasteiger partial charge in [-0.2, -0.15) is 5.10 Å². The van der Waals surface area contributed by atoms with Crippen LogP contribution in [-0.2, 0) is 0 Å². The van der Waals surface area contributed by atoms with Gasteiger partial charge in [-0.15, -0.1) is 10.2 Å². The predicted molar refractivity (Wildman–Crippen MR) is 61.7 cm³/mol. The van der Waals surface area contributed by atoms with Crippen LogP contribution in [0.5, 0.6) is 0 Å². The van der Waals surface area contributed by atoms with Crippen LogP contribution in [-0.4, -0.2) is 16.4 Å². The second-order valence-electron chi connectivity index (χ2n) is 3.06. The van der Waals surface area contributed by atoms with Gasteiger partial charge in [-0.1, -0.05) is 11.6 Å². The Bertz CT molecular complexity index is 492. The van der Waals surface area contributed by atoms with E-state index in [1.807, 2.05) is 19.1 Å². The van der Waals surface area contributed by atoms with Gasteiger partial charge in [0.25, 0.3) is 0 Å². The molecule has 0 saturated carbocycles. The van der Waals surface area contributed by atoms with Crippen molar-refractivity contribution in [1.82, 2.24) is 10.2 Å². The largest absolute Gasteiger partial charge is 0.460 e. The maximum atomic E-state index is 5.59. The third kappa shape index (κ3) is 2.80. The van der Waals surface area contributed by atoms with Gasteiger partial charge < -0.3 is 4.42 Å². The first-order valence-corrected chi connectivity index (χ1v) is 4.96. The van der Waals surface area contributed by atoms with Crippen molar-refractivity contribution < 1.29 is 4.42 Å². The molecular formula is C10H9ClN4O. The number of aromatic nitrogens is 2. The summed E-state index contributed by atoms with van der Waals surface area (Å²) in [7, 11) is 0. The maximum Gasteiger partial charge on any atom is 0.168 e. The molecule has 2 aromatic rings. The smallest absolute Gasteiger partial charge is 0.168 e. The van der Waals surface area contributed by atoms with Crippen LogP contribution in [0, 0.1) is 6.92 Å². The Kier molecular flexibility index (Phi) is 3.16. The van der Waals surface area contributed by atoms with Crippen LogP contribution in [0.1, 0.15) is 11.5 Å². The lowest BCUT2D eigenvalue weighted by Crippen LogP contribution is -1.94. The van der Waals surface area contributed by atoms with Gasteiger partial charge in [0.15, 0.2) is 11.0 Å². The van der Waals surface area contributed by atoms with Crippen LogP contribution < -0.4 is 5.43 Å². The molecule has 2 aromatic heterocycles.